The summed E-state index contributed by atoms with van der Waals surface area (Å²) >= 11 is 0. The van der Waals surface area contributed by atoms with Gasteiger partial charge in [-0.1, -0.05) is 12.1 Å². The van der Waals surface area contributed by atoms with Crippen LogP contribution < -0.4 is 9.64 Å². The minimum absolute atomic E-state index is 0.00158. The average molecular weight is 364 g/mol. The number of amides is 1. The number of carbonyl (C=O) groups is 1. The van der Waals surface area contributed by atoms with Crippen LogP contribution >= 0.6 is 0 Å². The summed E-state index contributed by atoms with van der Waals surface area (Å²) in [6.45, 7) is 1.98. The standard InChI is InChI=1S/C20H20N4O3/c1-26-16-5-2-14(3-6-16)10-24-17-11-23(12-18(17)27-13-20(24)25)19-7-4-15(8-21)9-22-19/h2-7,9,17-18H,10-13H2,1H3/t17-,18+/m1/s1. The van der Waals surface area contributed by atoms with Crippen LogP contribution in [0.15, 0.2) is 42.6 Å². The van der Waals surface area contributed by atoms with Crippen molar-refractivity contribution in [2.24, 2.45) is 0 Å². The molecule has 7 heteroatoms. The van der Waals surface area contributed by atoms with E-state index in [0.717, 1.165) is 17.1 Å². The topological polar surface area (TPSA) is 78.7 Å². The Morgan fingerprint density at radius 2 is 2.07 bits per heavy atom. The van der Waals surface area contributed by atoms with Crippen LogP contribution in [0.5, 0.6) is 5.75 Å². The largest absolute Gasteiger partial charge is 0.497 e. The van der Waals surface area contributed by atoms with Crippen LogP contribution in [0.1, 0.15) is 11.1 Å². The number of ether oxygens (including phenoxy) is 2. The fourth-order valence-electron chi connectivity index (χ4n) is 3.63. The lowest BCUT2D eigenvalue weighted by molar-refractivity contribution is -0.153. The number of morpholine rings is 1. The summed E-state index contributed by atoms with van der Waals surface area (Å²) in [4.78, 5) is 20.9. The summed E-state index contributed by atoms with van der Waals surface area (Å²) in [5.74, 6) is 1.59. The first-order chi connectivity index (χ1) is 13.2. The van der Waals surface area contributed by atoms with Gasteiger partial charge in [0.25, 0.3) is 0 Å². The van der Waals surface area contributed by atoms with Gasteiger partial charge in [-0.05, 0) is 29.8 Å². The number of aromatic nitrogens is 1. The SMILES string of the molecule is COc1ccc(CN2C(=O)CO[C@H]3CN(c4ccc(C#N)cn4)C[C@H]32)cc1. The molecule has 2 aromatic rings. The number of carbonyl (C=O) groups excluding carboxylic acids is 1. The highest BCUT2D eigenvalue weighted by atomic mass is 16.5. The molecule has 1 amide bonds. The van der Waals surface area contributed by atoms with Gasteiger partial charge < -0.3 is 19.3 Å². The van der Waals surface area contributed by atoms with Gasteiger partial charge in [-0.25, -0.2) is 4.98 Å². The number of rotatable bonds is 4. The van der Waals surface area contributed by atoms with Crippen molar-refractivity contribution in [2.75, 3.05) is 31.7 Å². The van der Waals surface area contributed by atoms with Gasteiger partial charge in [0.2, 0.25) is 5.91 Å². The van der Waals surface area contributed by atoms with Gasteiger partial charge >= 0.3 is 0 Å². The van der Waals surface area contributed by atoms with Crippen molar-refractivity contribution in [3.05, 3.63) is 53.7 Å². The van der Waals surface area contributed by atoms with Crippen LogP contribution in [0.2, 0.25) is 0 Å². The first-order valence-electron chi connectivity index (χ1n) is 8.83. The maximum absolute atomic E-state index is 12.5. The molecule has 1 aromatic heterocycles. The molecule has 3 heterocycles. The van der Waals surface area contributed by atoms with E-state index in [1.165, 1.54) is 0 Å². The summed E-state index contributed by atoms with van der Waals surface area (Å²) in [6.07, 6.45) is 1.52. The number of benzene rings is 1. The van der Waals surface area contributed by atoms with E-state index in [2.05, 4.69) is 16.0 Å². The molecular weight excluding hydrogens is 344 g/mol. The minimum atomic E-state index is -0.0432. The zero-order valence-corrected chi connectivity index (χ0v) is 15.0. The number of nitrogens with zero attached hydrogens (tertiary/aromatic N) is 4. The highest BCUT2D eigenvalue weighted by molar-refractivity contribution is 5.79. The third-order valence-electron chi connectivity index (χ3n) is 5.09. The van der Waals surface area contributed by atoms with E-state index in [1.807, 2.05) is 35.2 Å². The van der Waals surface area contributed by atoms with E-state index < -0.39 is 0 Å². The second-order valence-electron chi connectivity index (χ2n) is 6.71. The maximum atomic E-state index is 12.5. The first kappa shape index (κ1) is 17.3. The van der Waals surface area contributed by atoms with E-state index in [0.29, 0.717) is 25.2 Å². The van der Waals surface area contributed by atoms with Crippen LogP contribution in [0.4, 0.5) is 5.82 Å². The molecule has 0 aliphatic carbocycles. The lowest BCUT2D eigenvalue weighted by atomic mass is 10.1. The molecule has 7 nitrogen and oxygen atoms in total. The molecule has 2 aliphatic heterocycles. The summed E-state index contributed by atoms with van der Waals surface area (Å²) in [6, 6.07) is 13.4. The second kappa shape index (κ2) is 7.25. The Morgan fingerprint density at radius 1 is 1.26 bits per heavy atom. The van der Waals surface area contributed by atoms with Crippen molar-refractivity contribution >= 4 is 11.7 Å². The van der Waals surface area contributed by atoms with Crippen molar-refractivity contribution in [3.63, 3.8) is 0 Å². The average Bonchev–Trinajstić information content (AvgIpc) is 3.15. The molecule has 2 saturated heterocycles. The van der Waals surface area contributed by atoms with E-state index in [4.69, 9.17) is 14.7 Å². The van der Waals surface area contributed by atoms with Crippen LogP contribution in [0.25, 0.3) is 0 Å². The van der Waals surface area contributed by atoms with Crippen molar-refractivity contribution < 1.29 is 14.3 Å². The molecule has 0 N–H and O–H groups in total. The normalized spacial score (nSPS) is 21.7. The lowest BCUT2D eigenvalue weighted by Gasteiger charge is -2.36. The zero-order chi connectivity index (χ0) is 18.8. The predicted octanol–water partition coefficient (Wildman–Crippen LogP) is 1.58. The van der Waals surface area contributed by atoms with Gasteiger partial charge in [0, 0.05) is 25.8 Å². The van der Waals surface area contributed by atoms with E-state index in [1.54, 1.807) is 19.4 Å². The molecule has 4 rings (SSSR count). The van der Waals surface area contributed by atoms with E-state index in [-0.39, 0.29) is 24.7 Å². The summed E-state index contributed by atoms with van der Waals surface area (Å²) < 4.78 is 11.0. The Balaban J connectivity index is 1.50. The van der Waals surface area contributed by atoms with Gasteiger partial charge in [0.15, 0.2) is 0 Å². The molecule has 0 unspecified atom stereocenters. The smallest absolute Gasteiger partial charge is 0.249 e. The first-order valence-corrected chi connectivity index (χ1v) is 8.83. The highest BCUT2D eigenvalue weighted by Gasteiger charge is 2.43. The second-order valence-corrected chi connectivity index (χ2v) is 6.71. The number of fused-ring (bicyclic) bond motifs is 1. The Bertz CT molecular complexity index is 860. The number of hydrogen-bond donors (Lipinski definition) is 0. The van der Waals surface area contributed by atoms with Gasteiger partial charge in [0.1, 0.15) is 24.2 Å². The number of nitriles is 1. The van der Waals surface area contributed by atoms with Crippen molar-refractivity contribution in [3.8, 4) is 11.8 Å². The van der Waals surface area contributed by atoms with Crippen molar-refractivity contribution in [1.82, 2.24) is 9.88 Å². The maximum Gasteiger partial charge on any atom is 0.249 e. The molecule has 2 atom stereocenters. The number of pyridine rings is 1. The molecule has 0 spiro atoms. The van der Waals surface area contributed by atoms with Gasteiger partial charge in [-0.2, -0.15) is 5.26 Å². The monoisotopic (exact) mass is 364 g/mol. The quantitative estimate of drug-likeness (QED) is 0.820. The minimum Gasteiger partial charge on any atom is -0.497 e. The Kier molecular flexibility index (Phi) is 4.65. The Morgan fingerprint density at radius 3 is 2.74 bits per heavy atom. The van der Waals surface area contributed by atoms with Gasteiger partial charge in [-0.3, -0.25) is 4.79 Å². The molecule has 1 aromatic carbocycles. The van der Waals surface area contributed by atoms with Crippen LogP contribution in [0.3, 0.4) is 0 Å². The molecule has 2 fully saturated rings. The van der Waals surface area contributed by atoms with E-state index in [9.17, 15) is 4.79 Å². The third-order valence-corrected chi connectivity index (χ3v) is 5.09. The Labute approximate surface area is 157 Å². The molecule has 0 radical (unpaired) electrons. The van der Waals surface area contributed by atoms with Crippen molar-refractivity contribution in [1.29, 1.82) is 5.26 Å². The highest BCUT2D eigenvalue weighted by Crippen LogP contribution is 2.28. The van der Waals surface area contributed by atoms with Crippen LogP contribution in [-0.2, 0) is 16.1 Å². The van der Waals surface area contributed by atoms with Gasteiger partial charge in [0.05, 0.1) is 24.8 Å². The van der Waals surface area contributed by atoms with Crippen LogP contribution in [0, 0.1) is 11.3 Å². The van der Waals surface area contributed by atoms with Crippen molar-refractivity contribution in [2.45, 2.75) is 18.7 Å². The predicted molar refractivity (Wildman–Crippen MR) is 98.2 cm³/mol. The lowest BCUT2D eigenvalue weighted by Crippen LogP contribution is -2.53. The number of hydrogen-bond acceptors (Lipinski definition) is 6. The molecular formula is C20H20N4O3. The third kappa shape index (κ3) is 3.44. The zero-order valence-electron chi connectivity index (χ0n) is 15.0. The molecule has 2 aliphatic rings. The molecule has 0 saturated carbocycles. The summed E-state index contributed by atoms with van der Waals surface area (Å²) in [5, 5.41) is 8.92. The summed E-state index contributed by atoms with van der Waals surface area (Å²) in [5.41, 5.74) is 1.59. The fraction of sp³-hybridized carbons (Fsp3) is 0.350. The molecule has 0 bridgehead atoms. The fourth-order valence-corrected chi connectivity index (χ4v) is 3.63. The van der Waals surface area contributed by atoms with Gasteiger partial charge in [-0.15, -0.1) is 0 Å². The summed E-state index contributed by atoms with van der Waals surface area (Å²) in [7, 11) is 1.63. The van der Waals surface area contributed by atoms with E-state index >= 15 is 0 Å². The molecule has 27 heavy (non-hydrogen) atoms. The molecule has 138 valence electrons. The van der Waals surface area contributed by atoms with Crippen LogP contribution in [-0.4, -0.2) is 54.7 Å². The number of anilines is 1. The Hall–Kier alpha value is -3.11. The number of methoxy groups -OCH3 is 1.